The largest absolute Gasteiger partial charge is 0.465 e. The number of benzene rings is 1. The van der Waals surface area contributed by atoms with Crippen LogP contribution in [0.1, 0.15) is 10.4 Å². The van der Waals surface area contributed by atoms with Gasteiger partial charge in [-0.2, -0.15) is 5.10 Å². The Morgan fingerprint density at radius 1 is 1.53 bits per heavy atom. The molecule has 2 rings (SSSR count). The highest BCUT2D eigenvalue weighted by molar-refractivity contribution is 14.1. The van der Waals surface area contributed by atoms with Crippen molar-refractivity contribution in [2.24, 2.45) is 7.05 Å². The van der Waals surface area contributed by atoms with E-state index in [-0.39, 0.29) is 5.97 Å². The van der Waals surface area contributed by atoms with Crippen LogP contribution in [0.4, 0.5) is 0 Å². The van der Waals surface area contributed by atoms with E-state index in [1.54, 1.807) is 16.8 Å². The quantitative estimate of drug-likeness (QED) is 0.597. The van der Waals surface area contributed by atoms with Gasteiger partial charge in [-0.05, 0) is 34.7 Å². The molecule has 0 aliphatic heterocycles. The summed E-state index contributed by atoms with van der Waals surface area (Å²) in [6.45, 7) is 0. The monoisotopic (exact) mass is 316 g/mol. The van der Waals surface area contributed by atoms with Crippen molar-refractivity contribution in [3.8, 4) is 0 Å². The van der Waals surface area contributed by atoms with Crippen molar-refractivity contribution in [3.05, 3.63) is 27.5 Å². The number of hydrogen-bond acceptors (Lipinski definition) is 3. The van der Waals surface area contributed by atoms with Crippen molar-refractivity contribution in [2.45, 2.75) is 0 Å². The van der Waals surface area contributed by atoms with Gasteiger partial charge in [-0.25, -0.2) is 4.79 Å². The highest BCUT2D eigenvalue weighted by atomic mass is 127. The summed E-state index contributed by atoms with van der Waals surface area (Å²) in [6, 6.07) is 5.43. The van der Waals surface area contributed by atoms with Gasteiger partial charge in [0.25, 0.3) is 0 Å². The number of aromatic nitrogens is 2. The van der Waals surface area contributed by atoms with Gasteiger partial charge in [-0.15, -0.1) is 0 Å². The van der Waals surface area contributed by atoms with Crippen LogP contribution in [-0.2, 0) is 11.8 Å². The van der Waals surface area contributed by atoms with Crippen LogP contribution >= 0.6 is 22.6 Å². The van der Waals surface area contributed by atoms with Crippen LogP contribution in [0.15, 0.2) is 18.2 Å². The number of carbonyl (C=O) groups is 1. The molecule has 0 spiro atoms. The van der Waals surface area contributed by atoms with Gasteiger partial charge in [-0.3, -0.25) is 4.68 Å². The third-order valence-corrected chi connectivity index (χ3v) is 3.43. The summed E-state index contributed by atoms with van der Waals surface area (Å²) >= 11 is 2.17. The molecular formula is C10H9IN2O2. The van der Waals surface area contributed by atoms with Gasteiger partial charge in [0.1, 0.15) is 3.70 Å². The maximum atomic E-state index is 11.5. The number of esters is 1. The van der Waals surface area contributed by atoms with E-state index in [4.69, 9.17) is 4.74 Å². The number of carbonyl (C=O) groups excluding carboxylic acids is 1. The fourth-order valence-electron chi connectivity index (χ4n) is 1.49. The number of rotatable bonds is 1. The third kappa shape index (κ3) is 1.60. The molecule has 0 unspecified atom stereocenters. The minimum atomic E-state index is -0.327. The molecule has 0 atom stereocenters. The van der Waals surface area contributed by atoms with Gasteiger partial charge < -0.3 is 4.74 Å². The van der Waals surface area contributed by atoms with Crippen LogP contribution in [0.2, 0.25) is 0 Å². The number of nitrogens with zero attached hydrogens (tertiary/aromatic N) is 2. The fourth-order valence-corrected chi connectivity index (χ4v) is 2.16. The topological polar surface area (TPSA) is 44.1 Å². The zero-order chi connectivity index (χ0) is 11.0. The number of halogens is 1. The van der Waals surface area contributed by atoms with Crippen LogP contribution in [0, 0.1) is 3.70 Å². The molecule has 15 heavy (non-hydrogen) atoms. The van der Waals surface area contributed by atoms with Gasteiger partial charge in [0.05, 0.1) is 18.2 Å². The Morgan fingerprint density at radius 3 is 2.93 bits per heavy atom. The van der Waals surface area contributed by atoms with Gasteiger partial charge in [0, 0.05) is 12.4 Å². The van der Waals surface area contributed by atoms with Crippen molar-refractivity contribution < 1.29 is 9.53 Å². The number of ether oxygens (including phenoxy) is 1. The maximum absolute atomic E-state index is 11.5. The van der Waals surface area contributed by atoms with Crippen molar-refractivity contribution in [1.29, 1.82) is 0 Å². The molecule has 2 aromatic rings. The number of aryl methyl sites for hydroxylation is 1. The Morgan fingerprint density at radius 2 is 2.27 bits per heavy atom. The van der Waals surface area contributed by atoms with E-state index in [0.29, 0.717) is 5.56 Å². The first kappa shape index (κ1) is 10.4. The summed E-state index contributed by atoms with van der Waals surface area (Å²) in [4.78, 5) is 11.5. The molecular weight excluding hydrogens is 307 g/mol. The second kappa shape index (κ2) is 3.80. The summed E-state index contributed by atoms with van der Waals surface area (Å²) in [5, 5.41) is 5.15. The maximum Gasteiger partial charge on any atom is 0.338 e. The zero-order valence-corrected chi connectivity index (χ0v) is 10.5. The minimum Gasteiger partial charge on any atom is -0.465 e. The Kier molecular flexibility index (Phi) is 2.64. The number of methoxy groups -OCH3 is 1. The molecule has 0 aliphatic rings. The predicted molar refractivity (Wildman–Crippen MR) is 64.8 cm³/mol. The van der Waals surface area contributed by atoms with Crippen LogP contribution in [0.25, 0.3) is 10.9 Å². The fraction of sp³-hybridized carbons (Fsp3) is 0.200. The van der Waals surface area contributed by atoms with Crippen LogP contribution < -0.4 is 0 Å². The van der Waals surface area contributed by atoms with Crippen LogP contribution in [0.3, 0.4) is 0 Å². The molecule has 0 saturated heterocycles. The highest BCUT2D eigenvalue weighted by Crippen LogP contribution is 2.24. The van der Waals surface area contributed by atoms with Gasteiger partial charge in [-0.1, -0.05) is 6.07 Å². The lowest BCUT2D eigenvalue weighted by atomic mass is 10.1. The summed E-state index contributed by atoms with van der Waals surface area (Å²) in [5.74, 6) is -0.327. The SMILES string of the molecule is COC(=O)c1cccc2nn(C)c(I)c12. The number of fused-ring (bicyclic) bond motifs is 1. The van der Waals surface area contributed by atoms with E-state index in [1.165, 1.54) is 7.11 Å². The lowest BCUT2D eigenvalue weighted by molar-refractivity contribution is 0.0603. The van der Waals surface area contributed by atoms with E-state index in [0.717, 1.165) is 14.6 Å². The third-order valence-electron chi connectivity index (χ3n) is 2.20. The van der Waals surface area contributed by atoms with Crippen molar-refractivity contribution in [2.75, 3.05) is 7.11 Å². The molecule has 5 heteroatoms. The van der Waals surface area contributed by atoms with E-state index < -0.39 is 0 Å². The first-order chi connectivity index (χ1) is 7.15. The molecule has 0 bridgehead atoms. The minimum absolute atomic E-state index is 0.327. The first-order valence-corrected chi connectivity index (χ1v) is 5.42. The van der Waals surface area contributed by atoms with Crippen molar-refractivity contribution >= 4 is 39.5 Å². The zero-order valence-electron chi connectivity index (χ0n) is 8.32. The van der Waals surface area contributed by atoms with Gasteiger partial charge in [0.15, 0.2) is 0 Å². The average molecular weight is 316 g/mol. The molecule has 1 heterocycles. The Hall–Kier alpha value is -1.11. The standard InChI is InChI=1S/C10H9IN2O2/c1-13-9(11)8-6(10(14)15-2)4-3-5-7(8)12-13/h3-5H,1-2H3. The molecule has 78 valence electrons. The predicted octanol–water partition coefficient (Wildman–Crippen LogP) is 1.96. The molecule has 0 saturated carbocycles. The molecule has 4 nitrogen and oxygen atoms in total. The summed E-state index contributed by atoms with van der Waals surface area (Å²) < 4.78 is 7.41. The van der Waals surface area contributed by atoms with E-state index in [1.807, 2.05) is 13.1 Å². The Balaban J connectivity index is 2.80. The van der Waals surface area contributed by atoms with Crippen LogP contribution in [0.5, 0.6) is 0 Å². The second-order valence-electron chi connectivity index (χ2n) is 3.11. The van der Waals surface area contributed by atoms with E-state index in [9.17, 15) is 4.79 Å². The smallest absolute Gasteiger partial charge is 0.338 e. The highest BCUT2D eigenvalue weighted by Gasteiger charge is 2.15. The Labute approximate surface area is 100 Å². The molecule has 1 aromatic carbocycles. The normalized spacial score (nSPS) is 10.6. The van der Waals surface area contributed by atoms with Crippen LogP contribution in [-0.4, -0.2) is 22.9 Å². The summed E-state index contributed by atoms with van der Waals surface area (Å²) in [6.07, 6.45) is 0. The molecule has 0 N–H and O–H groups in total. The summed E-state index contributed by atoms with van der Waals surface area (Å²) in [7, 11) is 3.23. The van der Waals surface area contributed by atoms with Gasteiger partial charge >= 0.3 is 5.97 Å². The average Bonchev–Trinajstić information content (AvgIpc) is 2.54. The van der Waals surface area contributed by atoms with Gasteiger partial charge in [0.2, 0.25) is 0 Å². The Bertz CT molecular complexity index is 533. The van der Waals surface area contributed by atoms with Crippen molar-refractivity contribution in [3.63, 3.8) is 0 Å². The van der Waals surface area contributed by atoms with E-state index in [2.05, 4.69) is 27.7 Å². The first-order valence-electron chi connectivity index (χ1n) is 4.34. The molecule has 1 aromatic heterocycles. The molecule has 0 amide bonds. The summed E-state index contributed by atoms with van der Waals surface area (Å²) in [5.41, 5.74) is 1.37. The molecule has 0 aliphatic carbocycles. The molecule has 0 radical (unpaired) electrons. The van der Waals surface area contributed by atoms with E-state index >= 15 is 0 Å². The number of hydrogen-bond donors (Lipinski definition) is 0. The lowest BCUT2D eigenvalue weighted by Gasteiger charge is -2.00. The van der Waals surface area contributed by atoms with Crippen molar-refractivity contribution in [1.82, 2.24) is 9.78 Å². The molecule has 0 fully saturated rings. The second-order valence-corrected chi connectivity index (χ2v) is 4.13. The lowest BCUT2D eigenvalue weighted by Crippen LogP contribution is -2.02.